The minimum atomic E-state index is -1.01. The fourth-order valence-corrected chi connectivity index (χ4v) is 3.04. The van der Waals surface area contributed by atoms with E-state index in [1.807, 2.05) is 13.8 Å². The predicted octanol–water partition coefficient (Wildman–Crippen LogP) is 3.36. The second kappa shape index (κ2) is 6.32. The number of aromatic carboxylic acids is 1. The van der Waals surface area contributed by atoms with Gasteiger partial charge in [0.05, 0.1) is 16.3 Å². The number of carboxylic acids is 1. The molecule has 7 nitrogen and oxygen atoms in total. The number of aromatic nitrogens is 2. The van der Waals surface area contributed by atoms with Crippen LogP contribution in [0.15, 0.2) is 30.3 Å². The molecule has 0 radical (unpaired) electrons. The summed E-state index contributed by atoms with van der Waals surface area (Å²) in [6.45, 7) is 3.85. The van der Waals surface area contributed by atoms with Gasteiger partial charge >= 0.3 is 5.97 Å². The van der Waals surface area contributed by atoms with Crippen LogP contribution in [-0.2, 0) is 0 Å². The highest BCUT2D eigenvalue weighted by atomic mass is 32.1. The molecule has 0 fully saturated rings. The van der Waals surface area contributed by atoms with Crippen molar-refractivity contribution in [3.8, 4) is 5.75 Å². The monoisotopic (exact) mass is 345 g/mol. The summed E-state index contributed by atoms with van der Waals surface area (Å²) in [5.41, 5.74) is 1.03. The van der Waals surface area contributed by atoms with Crippen molar-refractivity contribution in [3.05, 3.63) is 40.8 Å². The standard InChI is InChI=1S/C16H15N3O4S/c1-8(2)23-10-5-3-9(4-6-10)15(20)17-14-13-11(18-19-14)7-12(24-13)16(21)22/h3-8H,1-2H3,(H,21,22)(H2,17,18,19,20). The number of carboxylic acid groups (broad SMARTS) is 1. The van der Waals surface area contributed by atoms with E-state index in [4.69, 9.17) is 9.84 Å². The molecule has 3 aromatic rings. The number of carbonyl (C=O) groups is 2. The number of nitrogens with one attached hydrogen (secondary N) is 2. The molecule has 124 valence electrons. The summed E-state index contributed by atoms with van der Waals surface area (Å²) >= 11 is 1.06. The SMILES string of the molecule is CC(C)Oc1ccc(C(=O)Nc2n[nH]c3cc(C(=O)O)sc23)cc1. The van der Waals surface area contributed by atoms with E-state index in [9.17, 15) is 9.59 Å². The van der Waals surface area contributed by atoms with Crippen molar-refractivity contribution < 1.29 is 19.4 Å². The van der Waals surface area contributed by atoms with E-state index in [1.54, 1.807) is 24.3 Å². The summed E-state index contributed by atoms with van der Waals surface area (Å²) in [5, 5.41) is 18.4. The molecule has 0 saturated heterocycles. The molecular formula is C16H15N3O4S. The number of carbonyl (C=O) groups excluding carboxylic acids is 1. The van der Waals surface area contributed by atoms with Crippen molar-refractivity contribution in [1.82, 2.24) is 10.2 Å². The molecule has 1 aromatic carbocycles. The molecule has 0 unspecified atom stereocenters. The molecule has 8 heteroatoms. The van der Waals surface area contributed by atoms with Crippen LogP contribution >= 0.6 is 11.3 Å². The maximum absolute atomic E-state index is 12.3. The van der Waals surface area contributed by atoms with Crippen LogP contribution in [0.3, 0.4) is 0 Å². The highest BCUT2D eigenvalue weighted by molar-refractivity contribution is 7.21. The number of ether oxygens (including phenoxy) is 1. The summed E-state index contributed by atoms with van der Waals surface area (Å²) in [6, 6.07) is 8.26. The molecule has 3 rings (SSSR count). The van der Waals surface area contributed by atoms with Gasteiger partial charge in [0.25, 0.3) is 5.91 Å². The zero-order chi connectivity index (χ0) is 17.3. The topological polar surface area (TPSA) is 104 Å². The number of rotatable bonds is 5. The molecule has 0 saturated carbocycles. The van der Waals surface area contributed by atoms with Crippen LogP contribution in [0.25, 0.3) is 10.2 Å². The number of H-pyrrole nitrogens is 1. The largest absolute Gasteiger partial charge is 0.491 e. The van der Waals surface area contributed by atoms with Crippen molar-refractivity contribution in [1.29, 1.82) is 0 Å². The Hall–Kier alpha value is -2.87. The molecule has 0 bridgehead atoms. The number of benzene rings is 1. The van der Waals surface area contributed by atoms with Crippen LogP contribution in [0.2, 0.25) is 0 Å². The summed E-state index contributed by atoms with van der Waals surface area (Å²) < 4.78 is 6.13. The summed E-state index contributed by atoms with van der Waals surface area (Å²) in [5.74, 6) is -0.338. The zero-order valence-electron chi connectivity index (χ0n) is 13.0. The molecule has 0 atom stereocenters. The van der Waals surface area contributed by atoms with Crippen molar-refractivity contribution in [2.45, 2.75) is 20.0 Å². The molecule has 1 amide bonds. The average molecular weight is 345 g/mol. The number of anilines is 1. The fourth-order valence-electron chi connectivity index (χ4n) is 2.14. The average Bonchev–Trinajstić information content (AvgIpc) is 3.09. The van der Waals surface area contributed by atoms with Crippen LogP contribution in [0.5, 0.6) is 5.75 Å². The highest BCUT2D eigenvalue weighted by Gasteiger charge is 2.16. The van der Waals surface area contributed by atoms with Gasteiger partial charge in [-0.05, 0) is 44.2 Å². The summed E-state index contributed by atoms with van der Waals surface area (Å²) in [4.78, 5) is 23.5. The lowest BCUT2D eigenvalue weighted by molar-refractivity contribution is 0.0702. The number of aromatic amines is 1. The third kappa shape index (κ3) is 3.23. The van der Waals surface area contributed by atoms with E-state index in [2.05, 4.69) is 15.5 Å². The third-order valence-electron chi connectivity index (χ3n) is 3.17. The molecule has 0 aliphatic carbocycles. The third-order valence-corrected chi connectivity index (χ3v) is 4.30. The molecular weight excluding hydrogens is 330 g/mol. The lowest BCUT2D eigenvalue weighted by Gasteiger charge is -2.09. The lowest BCUT2D eigenvalue weighted by atomic mass is 10.2. The van der Waals surface area contributed by atoms with Gasteiger partial charge in [-0.25, -0.2) is 4.79 Å². The van der Waals surface area contributed by atoms with Gasteiger partial charge in [-0.2, -0.15) is 5.10 Å². The van der Waals surface area contributed by atoms with Crippen molar-refractivity contribution >= 4 is 39.2 Å². The Balaban J connectivity index is 1.78. The Labute approximate surface area is 141 Å². The molecule has 2 heterocycles. The Morgan fingerprint density at radius 1 is 1.29 bits per heavy atom. The molecule has 0 spiro atoms. The van der Waals surface area contributed by atoms with Crippen LogP contribution < -0.4 is 10.1 Å². The second-order valence-corrected chi connectivity index (χ2v) is 6.43. The number of hydrogen-bond donors (Lipinski definition) is 3. The number of fused-ring (bicyclic) bond motifs is 1. The quantitative estimate of drug-likeness (QED) is 0.658. The number of nitrogens with zero attached hydrogens (tertiary/aromatic N) is 1. The first-order valence-electron chi connectivity index (χ1n) is 7.23. The van der Waals surface area contributed by atoms with Gasteiger partial charge in [0.1, 0.15) is 10.6 Å². The first-order valence-corrected chi connectivity index (χ1v) is 8.05. The zero-order valence-corrected chi connectivity index (χ0v) is 13.8. The maximum Gasteiger partial charge on any atom is 0.345 e. The number of hydrogen-bond acceptors (Lipinski definition) is 5. The van der Waals surface area contributed by atoms with Crippen LogP contribution in [0, 0.1) is 0 Å². The van der Waals surface area contributed by atoms with Gasteiger partial charge < -0.3 is 15.2 Å². The normalized spacial score (nSPS) is 11.0. The molecule has 0 aliphatic rings. The van der Waals surface area contributed by atoms with Gasteiger partial charge in [-0.15, -0.1) is 11.3 Å². The Kier molecular flexibility index (Phi) is 4.22. The van der Waals surface area contributed by atoms with Gasteiger partial charge in [0.2, 0.25) is 0 Å². The van der Waals surface area contributed by atoms with E-state index in [-0.39, 0.29) is 16.9 Å². The smallest absolute Gasteiger partial charge is 0.345 e. The van der Waals surface area contributed by atoms with Crippen LogP contribution in [0.4, 0.5) is 5.82 Å². The van der Waals surface area contributed by atoms with Crippen LogP contribution in [-0.4, -0.2) is 33.3 Å². The van der Waals surface area contributed by atoms with Crippen molar-refractivity contribution in [3.63, 3.8) is 0 Å². The van der Waals surface area contributed by atoms with E-state index < -0.39 is 5.97 Å². The highest BCUT2D eigenvalue weighted by Crippen LogP contribution is 2.30. The predicted molar refractivity (Wildman–Crippen MR) is 91.1 cm³/mol. The van der Waals surface area contributed by atoms with Crippen molar-refractivity contribution in [2.24, 2.45) is 0 Å². The van der Waals surface area contributed by atoms with Gasteiger partial charge in [0, 0.05) is 5.56 Å². The number of amides is 1. The van der Waals surface area contributed by atoms with E-state index in [0.29, 0.717) is 27.3 Å². The maximum atomic E-state index is 12.3. The molecule has 0 aliphatic heterocycles. The Bertz CT molecular complexity index is 896. The fraction of sp³-hybridized carbons (Fsp3) is 0.188. The Morgan fingerprint density at radius 2 is 2.00 bits per heavy atom. The molecule has 3 N–H and O–H groups in total. The minimum Gasteiger partial charge on any atom is -0.491 e. The van der Waals surface area contributed by atoms with E-state index >= 15 is 0 Å². The molecule has 2 aromatic heterocycles. The van der Waals surface area contributed by atoms with Crippen LogP contribution in [0.1, 0.15) is 33.9 Å². The first kappa shape index (κ1) is 16.0. The first-order chi connectivity index (χ1) is 11.4. The number of thiophene rings is 1. The summed E-state index contributed by atoms with van der Waals surface area (Å²) in [6.07, 6.45) is 0.0595. The van der Waals surface area contributed by atoms with E-state index in [0.717, 1.165) is 11.3 Å². The van der Waals surface area contributed by atoms with Gasteiger partial charge in [-0.1, -0.05) is 0 Å². The Morgan fingerprint density at radius 3 is 2.62 bits per heavy atom. The van der Waals surface area contributed by atoms with Crippen molar-refractivity contribution in [2.75, 3.05) is 5.32 Å². The van der Waals surface area contributed by atoms with E-state index in [1.165, 1.54) is 6.07 Å². The van der Waals surface area contributed by atoms with Gasteiger partial charge in [0.15, 0.2) is 5.82 Å². The minimum absolute atomic E-state index is 0.0595. The van der Waals surface area contributed by atoms with Gasteiger partial charge in [-0.3, -0.25) is 9.89 Å². The second-order valence-electron chi connectivity index (χ2n) is 5.38. The molecule has 24 heavy (non-hydrogen) atoms. The summed E-state index contributed by atoms with van der Waals surface area (Å²) in [7, 11) is 0. The lowest BCUT2D eigenvalue weighted by Crippen LogP contribution is -2.12.